The van der Waals surface area contributed by atoms with Gasteiger partial charge in [0.25, 0.3) is 0 Å². The van der Waals surface area contributed by atoms with Crippen LogP contribution in [0.5, 0.6) is 5.75 Å². The van der Waals surface area contributed by atoms with E-state index >= 15 is 0 Å². The lowest BCUT2D eigenvalue weighted by molar-refractivity contribution is 0.422. The van der Waals surface area contributed by atoms with Crippen molar-refractivity contribution < 1.29 is 14.9 Å². The molecule has 19 heavy (non-hydrogen) atoms. The van der Waals surface area contributed by atoms with Gasteiger partial charge in [0.1, 0.15) is 5.75 Å². The topological polar surface area (TPSA) is 60.7 Å². The zero-order valence-electron chi connectivity index (χ0n) is 12.4. The van der Waals surface area contributed by atoms with E-state index in [1.54, 1.807) is 0 Å². The molecule has 0 spiro atoms. The Labute approximate surface area is 120 Å². The van der Waals surface area contributed by atoms with E-state index < -0.39 is 7.58 Å². The fourth-order valence-electron chi connectivity index (χ4n) is 1.90. The zero-order chi connectivity index (χ0) is 15.0. The van der Waals surface area contributed by atoms with Gasteiger partial charge in [-0.15, -0.1) is 0 Å². The van der Waals surface area contributed by atoms with Crippen LogP contribution in [0.3, 0.4) is 0 Å². The lowest BCUT2D eigenvalue weighted by Gasteiger charge is -2.28. The minimum Gasteiger partial charge on any atom is -0.507 e. The van der Waals surface area contributed by atoms with Crippen LogP contribution in [0.2, 0.25) is 0 Å². The molecule has 0 aromatic heterocycles. The van der Waals surface area contributed by atoms with Gasteiger partial charge in [-0.25, -0.2) is 0 Å². The summed E-state index contributed by atoms with van der Waals surface area (Å²) in [5.41, 5.74) is 1.27. The first-order chi connectivity index (χ1) is 8.43. The normalized spacial score (nSPS) is 13.1. The number of hydrogen-bond acceptors (Lipinski definition) is 4. The summed E-state index contributed by atoms with van der Waals surface area (Å²) in [6.45, 7) is 12.2. The summed E-state index contributed by atoms with van der Waals surface area (Å²) in [6.07, 6.45) is 0. The molecule has 0 amide bonds. The summed E-state index contributed by atoms with van der Waals surface area (Å²) in [5, 5.41) is 10.5. The van der Waals surface area contributed by atoms with Gasteiger partial charge in [-0.05, 0) is 34.3 Å². The van der Waals surface area contributed by atoms with Gasteiger partial charge in [0.05, 0.1) is 0 Å². The average Bonchev–Trinajstić information content (AvgIpc) is 2.16. The maximum atomic E-state index is 10.5. The Balaban J connectivity index is 3.48. The number of hydrogen-bond donors (Lipinski definition) is 3. The Bertz CT molecular complexity index is 424. The quantitative estimate of drug-likeness (QED) is 0.713. The second-order valence-electron chi connectivity index (χ2n) is 6.71. The van der Waals surface area contributed by atoms with Crippen LogP contribution in [-0.4, -0.2) is 14.9 Å². The first kappa shape index (κ1) is 16.8. The Kier molecular flexibility index (Phi) is 4.95. The van der Waals surface area contributed by atoms with Crippen molar-refractivity contribution in [1.82, 2.24) is 0 Å². The van der Waals surface area contributed by atoms with Gasteiger partial charge in [0.2, 0.25) is 7.58 Å². The molecular formula is C14H23O3PS. The number of phenols is 1. The molecule has 1 aromatic carbocycles. The third kappa shape index (κ3) is 4.35. The Morgan fingerprint density at radius 1 is 0.895 bits per heavy atom. The summed E-state index contributed by atoms with van der Waals surface area (Å²) < 4.78 is 0. The molecule has 0 saturated heterocycles. The maximum Gasteiger partial charge on any atom is 0.237 e. The van der Waals surface area contributed by atoms with Crippen LogP contribution in [0.4, 0.5) is 0 Å². The first-order valence-corrected chi connectivity index (χ1v) is 8.83. The van der Waals surface area contributed by atoms with E-state index in [2.05, 4.69) is 0 Å². The van der Waals surface area contributed by atoms with Crippen molar-refractivity contribution in [3.8, 4) is 5.75 Å². The summed E-state index contributed by atoms with van der Waals surface area (Å²) in [7, 11) is -2.05. The summed E-state index contributed by atoms with van der Waals surface area (Å²) >= 11 is 1.03. The van der Waals surface area contributed by atoms with Crippen molar-refractivity contribution in [2.24, 2.45) is 0 Å². The van der Waals surface area contributed by atoms with Gasteiger partial charge < -0.3 is 14.9 Å². The third-order valence-corrected chi connectivity index (χ3v) is 4.62. The van der Waals surface area contributed by atoms with Crippen LogP contribution in [0, 0.1) is 0 Å². The van der Waals surface area contributed by atoms with E-state index in [0.717, 1.165) is 27.4 Å². The lowest BCUT2D eigenvalue weighted by Crippen LogP contribution is -2.17. The van der Waals surface area contributed by atoms with Gasteiger partial charge in [-0.1, -0.05) is 41.5 Å². The molecule has 0 saturated carbocycles. The molecule has 0 heterocycles. The molecule has 0 aliphatic rings. The maximum absolute atomic E-state index is 10.5. The van der Waals surface area contributed by atoms with E-state index in [1.807, 2.05) is 53.7 Å². The Morgan fingerprint density at radius 3 is 1.53 bits per heavy atom. The largest absolute Gasteiger partial charge is 0.507 e. The van der Waals surface area contributed by atoms with Crippen molar-refractivity contribution in [2.45, 2.75) is 57.3 Å². The second-order valence-corrected chi connectivity index (χ2v) is 9.40. The molecule has 0 aliphatic heterocycles. The molecule has 3 N–H and O–H groups in total. The minimum absolute atomic E-state index is 0.200. The number of phenolic OH excluding ortho intramolecular Hbond substituents is 1. The number of benzene rings is 1. The molecule has 3 nitrogen and oxygen atoms in total. The van der Waals surface area contributed by atoms with Gasteiger partial charge in [-0.3, -0.25) is 0 Å². The molecule has 0 atom stereocenters. The zero-order valence-corrected chi connectivity index (χ0v) is 14.1. The molecule has 0 aliphatic carbocycles. The predicted octanol–water partition coefficient (Wildman–Crippen LogP) is 4.29. The van der Waals surface area contributed by atoms with Gasteiger partial charge in [0, 0.05) is 16.0 Å². The van der Waals surface area contributed by atoms with Crippen LogP contribution < -0.4 is 0 Å². The molecule has 0 unspecified atom stereocenters. The predicted molar refractivity (Wildman–Crippen MR) is 82.7 cm³/mol. The molecule has 1 rings (SSSR count). The standard InChI is InChI=1S/C14H23O3PS/c1-13(2,3)10-7-9(19-18(16)17)8-11(12(10)15)14(4,5)6/h7-8,15-17H,1-6H3. The van der Waals surface area contributed by atoms with E-state index in [0.29, 0.717) is 5.75 Å². The summed E-state index contributed by atoms with van der Waals surface area (Å²) in [6, 6.07) is 3.69. The highest BCUT2D eigenvalue weighted by molar-refractivity contribution is 8.52. The van der Waals surface area contributed by atoms with Crippen molar-refractivity contribution in [3.63, 3.8) is 0 Å². The minimum atomic E-state index is -2.05. The highest BCUT2D eigenvalue weighted by Gasteiger charge is 2.27. The molecule has 1 aromatic rings. The monoisotopic (exact) mass is 302 g/mol. The van der Waals surface area contributed by atoms with Gasteiger partial charge >= 0.3 is 0 Å². The number of rotatable bonds is 2. The molecule has 0 bridgehead atoms. The van der Waals surface area contributed by atoms with E-state index in [-0.39, 0.29) is 10.8 Å². The summed E-state index contributed by atoms with van der Waals surface area (Å²) in [5.74, 6) is 0.310. The Morgan fingerprint density at radius 2 is 1.26 bits per heavy atom. The second kappa shape index (κ2) is 5.61. The fraction of sp³-hybridized carbons (Fsp3) is 0.571. The smallest absolute Gasteiger partial charge is 0.237 e. The van der Waals surface area contributed by atoms with Crippen LogP contribution in [0.1, 0.15) is 52.7 Å². The highest BCUT2D eigenvalue weighted by Crippen LogP contribution is 2.50. The van der Waals surface area contributed by atoms with Crippen LogP contribution in [0.15, 0.2) is 17.0 Å². The van der Waals surface area contributed by atoms with Crippen molar-refractivity contribution >= 4 is 19.0 Å². The first-order valence-electron chi connectivity index (χ1n) is 6.17. The lowest BCUT2D eigenvalue weighted by atomic mass is 9.79. The van der Waals surface area contributed by atoms with E-state index in [9.17, 15) is 14.9 Å². The van der Waals surface area contributed by atoms with Crippen LogP contribution in [-0.2, 0) is 10.8 Å². The molecule has 5 heteroatoms. The highest BCUT2D eigenvalue weighted by atomic mass is 32.7. The van der Waals surface area contributed by atoms with Crippen LogP contribution >= 0.6 is 19.0 Å². The van der Waals surface area contributed by atoms with Gasteiger partial charge in [-0.2, -0.15) is 0 Å². The van der Waals surface area contributed by atoms with Crippen molar-refractivity contribution in [2.75, 3.05) is 0 Å². The van der Waals surface area contributed by atoms with E-state index in [1.165, 1.54) is 0 Å². The summed E-state index contributed by atoms with van der Waals surface area (Å²) in [4.78, 5) is 19.1. The van der Waals surface area contributed by atoms with Crippen LogP contribution in [0.25, 0.3) is 0 Å². The molecular weight excluding hydrogens is 279 g/mol. The fourth-order valence-corrected chi connectivity index (χ4v) is 3.31. The molecule has 0 fully saturated rings. The van der Waals surface area contributed by atoms with Crippen molar-refractivity contribution in [1.29, 1.82) is 0 Å². The number of aromatic hydroxyl groups is 1. The SMILES string of the molecule is CC(C)(C)c1cc(SP(O)O)cc(C(C)(C)C)c1O. The van der Waals surface area contributed by atoms with E-state index in [4.69, 9.17) is 0 Å². The third-order valence-electron chi connectivity index (χ3n) is 2.89. The van der Waals surface area contributed by atoms with Gasteiger partial charge in [0.15, 0.2) is 0 Å². The average molecular weight is 302 g/mol. The molecule has 0 radical (unpaired) electrons. The Hall–Kier alpha value is -0.280. The van der Waals surface area contributed by atoms with Crippen molar-refractivity contribution in [3.05, 3.63) is 23.3 Å². The molecule has 108 valence electrons.